The van der Waals surface area contributed by atoms with Crippen molar-refractivity contribution in [3.05, 3.63) is 181 Å². The highest BCUT2D eigenvalue weighted by molar-refractivity contribution is 5.78. The molecule has 50 heavy (non-hydrogen) atoms. The van der Waals surface area contributed by atoms with E-state index in [1.807, 2.05) is 121 Å². The average Bonchev–Trinajstić information content (AvgIpc) is 3.21. The summed E-state index contributed by atoms with van der Waals surface area (Å²) in [6.45, 7) is 7.34. The topological polar surface area (TPSA) is 68.8 Å². The molecule has 0 fully saturated rings. The second-order valence-corrected chi connectivity index (χ2v) is 11.7. The van der Waals surface area contributed by atoms with Crippen LogP contribution in [0.5, 0.6) is 0 Å². The van der Waals surface area contributed by atoms with E-state index in [1.165, 1.54) is 0 Å². The lowest BCUT2D eigenvalue weighted by molar-refractivity contribution is 1.07. The van der Waals surface area contributed by atoms with Gasteiger partial charge in [-0.05, 0) is 29.3 Å². The Balaban J connectivity index is 1.20. The molecule has 0 aliphatic rings. The van der Waals surface area contributed by atoms with E-state index in [0.29, 0.717) is 29.0 Å². The SMILES string of the molecule is [C-]#[N+]c1ccc(-c2nc(-c3ccccc3)cc(-c3cccc(-c4cccc(-c5nc(-c6ccccc6)nc(-c6ccccc6)n5)c4)c3)n2)cc1. The van der Waals surface area contributed by atoms with Gasteiger partial charge in [0.05, 0.1) is 18.0 Å². The smallest absolute Gasteiger partial charge is 0.187 e. The van der Waals surface area contributed by atoms with E-state index in [9.17, 15) is 0 Å². The van der Waals surface area contributed by atoms with E-state index in [0.717, 1.165) is 55.9 Å². The number of rotatable bonds is 7. The molecule has 0 atom stereocenters. The Bertz CT molecular complexity index is 2420. The molecule has 0 aliphatic carbocycles. The summed E-state index contributed by atoms with van der Waals surface area (Å²) in [5.41, 5.74) is 9.83. The van der Waals surface area contributed by atoms with Gasteiger partial charge in [0.2, 0.25) is 0 Å². The molecular formula is C44H28N6. The summed E-state index contributed by atoms with van der Waals surface area (Å²) in [4.78, 5) is 28.2. The predicted octanol–water partition coefficient (Wildman–Crippen LogP) is 10.9. The summed E-state index contributed by atoms with van der Waals surface area (Å²) in [5, 5.41) is 0. The first-order valence-electron chi connectivity index (χ1n) is 16.2. The monoisotopic (exact) mass is 640 g/mol. The molecule has 0 N–H and O–H groups in total. The second kappa shape index (κ2) is 13.6. The van der Waals surface area contributed by atoms with Crippen molar-refractivity contribution in [1.29, 1.82) is 0 Å². The Labute approximate surface area is 290 Å². The minimum Gasteiger partial charge on any atom is -0.238 e. The van der Waals surface area contributed by atoms with Crippen LogP contribution in [0.2, 0.25) is 0 Å². The fraction of sp³-hybridized carbons (Fsp3) is 0. The molecule has 6 nitrogen and oxygen atoms in total. The Kier molecular flexibility index (Phi) is 8.20. The van der Waals surface area contributed by atoms with Gasteiger partial charge in [-0.15, -0.1) is 0 Å². The number of benzene rings is 6. The fourth-order valence-corrected chi connectivity index (χ4v) is 5.80. The summed E-state index contributed by atoms with van der Waals surface area (Å²) in [6, 6.07) is 56.2. The summed E-state index contributed by atoms with van der Waals surface area (Å²) in [6.07, 6.45) is 0. The molecule has 6 heteroatoms. The van der Waals surface area contributed by atoms with E-state index < -0.39 is 0 Å². The highest BCUT2D eigenvalue weighted by Gasteiger charge is 2.14. The van der Waals surface area contributed by atoms with Crippen LogP contribution in [0.25, 0.3) is 84.0 Å². The van der Waals surface area contributed by atoms with Crippen LogP contribution in [0, 0.1) is 6.57 Å². The van der Waals surface area contributed by atoms with Crippen molar-refractivity contribution in [2.75, 3.05) is 0 Å². The van der Waals surface area contributed by atoms with Crippen LogP contribution in [0.1, 0.15) is 0 Å². The standard InChI is InChI=1S/C44H28N6/c1-45-38-25-23-33(24-26-38)41-46-39(30-13-5-2-6-14-30)29-40(47-41)36-21-11-19-34(27-36)35-20-12-22-37(28-35)44-49-42(31-15-7-3-8-16-31)48-43(50-44)32-17-9-4-10-18-32/h2-29H. The van der Waals surface area contributed by atoms with Gasteiger partial charge in [0.1, 0.15) is 0 Å². The van der Waals surface area contributed by atoms with Gasteiger partial charge in [-0.2, -0.15) is 0 Å². The molecule has 2 heterocycles. The molecule has 8 rings (SSSR count). The normalized spacial score (nSPS) is 10.8. The third-order valence-electron chi connectivity index (χ3n) is 8.36. The van der Waals surface area contributed by atoms with Gasteiger partial charge in [0.25, 0.3) is 0 Å². The highest BCUT2D eigenvalue weighted by Crippen LogP contribution is 2.32. The van der Waals surface area contributed by atoms with E-state index in [1.54, 1.807) is 12.1 Å². The van der Waals surface area contributed by atoms with Gasteiger partial charge in [-0.25, -0.2) is 29.8 Å². The van der Waals surface area contributed by atoms with E-state index in [4.69, 9.17) is 31.5 Å². The van der Waals surface area contributed by atoms with Crippen molar-refractivity contribution in [3.63, 3.8) is 0 Å². The number of nitrogens with zero attached hydrogens (tertiary/aromatic N) is 6. The predicted molar refractivity (Wildman–Crippen MR) is 200 cm³/mol. The quantitative estimate of drug-likeness (QED) is 0.162. The molecule has 8 aromatic rings. The van der Waals surface area contributed by atoms with Crippen LogP contribution < -0.4 is 0 Å². The van der Waals surface area contributed by atoms with Crippen molar-refractivity contribution in [1.82, 2.24) is 24.9 Å². The van der Waals surface area contributed by atoms with Crippen LogP contribution in [-0.4, -0.2) is 24.9 Å². The van der Waals surface area contributed by atoms with Crippen molar-refractivity contribution in [2.45, 2.75) is 0 Å². The Hall–Kier alpha value is -7.10. The molecule has 6 aromatic carbocycles. The maximum Gasteiger partial charge on any atom is 0.187 e. The lowest BCUT2D eigenvalue weighted by Gasteiger charge is -2.12. The molecule has 0 saturated heterocycles. The molecule has 0 unspecified atom stereocenters. The second-order valence-electron chi connectivity index (χ2n) is 11.7. The van der Waals surface area contributed by atoms with Crippen LogP contribution in [0.15, 0.2) is 170 Å². The van der Waals surface area contributed by atoms with Crippen LogP contribution in [0.3, 0.4) is 0 Å². The maximum atomic E-state index is 7.34. The molecule has 0 spiro atoms. The number of aromatic nitrogens is 5. The third-order valence-corrected chi connectivity index (χ3v) is 8.36. The fourth-order valence-electron chi connectivity index (χ4n) is 5.80. The van der Waals surface area contributed by atoms with Crippen molar-refractivity contribution in [2.24, 2.45) is 0 Å². The number of hydrogen-bond donors (Lipinski definition) is 0. The largest absolute Gasteiger partial charge is 0.238 e. The minimum atomic E-state index is 0.577. The maximum absolute atomic E-state index is 7.34. The lowest BCUT2D eigenvalue weighted by atomic mass is 9.99. The Morgan fingerprint density at radius 2 is 0.680 bits per heavy atom. The first-order valence-corrected chi connectivity index (χ1v) is 16.2. The van der Waals surface area contributed by atoms with E-state index in [2.05, 4.69) is 41.2 Å². The van der Waals surface area contributed by atoms with E-state index in [-0.39, 0.29) is 0 Å². The molecule has 0 bridgehead atoms. The zero-order valence-corrected chi connectivity index (χ0v) is 26.8. The number of hydrogen-bond acceptors (Lipinski definition) is 5. The molecule has 0 saturated carbocycles. The first kappa shape index (κ1) is 30.2. The molecular weight excluding hydrogens is 613 g/mol. The van der Waals surface area contributed by atoms with Crippen molar-refractivity contribution >= 4 is 5.69 Å². The first-order chi connectivity index (χ1) is 24.7. The summed E-state index contributed by atoms with van der Waals surface area (Å²) >= 11 is 0. The molecule has 0 aliphatic heterocycles. The lowest BCUT2D eigenvalue weighted by Crippen LogP contribution is -2.00. The summed E-state index contributed by atoms with van der Waals surface area (Å²) < 4.78 is 0. The highest BCUT2D eigenvalue weighted by atomic mass is 15.0. The van der Waals surface area contributed by atoms with Crippen molar-refractivity contribution < 1.29 is 0 Å². The minimum absolute atomic E-state index is 0.577. The van der Waals surface area contributed by atoms with E-state index >= 15 is 0 Å². The zero-order chi connectivity index (χ0) is 33.7. The van der Waals surface area contributed by atoms with Gasteiger partial charge in [-0.1, -0.05) is 152 Å². The third kappa shape index (κ3) is 6.40. The molecule has 234 valence electrons. The van der Waals surface area contributed by atoms with Gasteiger partial charge >= 0.3 is 0 Å². The van der Waals surface area contributed by atoms with Crippen molar-refractivity contribution in [3.8, 4) is 79.2 Å². The molecule has 2 aromatic heterocycles. The average molecular weight is 641 g/mol. The Morgan fingerprint density at radius 3 is 1.22 bits per heavy atom. The molecule has 0 radical (unpaired) electrons. The zero-order valence-electron chi connectivity index (χ0n) is 26.8. The van der Waals surface area contributed by atoms with Crippen LogP contribution in [0.4, 0.5) is 5.69 Å². The van der Waals surface area contributed by atoms with Gasteiger partial charge in [0, 0.05) is 33.4 Å². The van der Waals surface area contributed by atoms with Crippen LogP contribution in [-0.2, 0) is 0 Å². The molecule has 0 amide bonds. The van der Waals surface area contributed by atoms with Crippen LogP contribution >= 0.6 is 0 Å². The summed E-state index contributed by atoms with van der Waals surface area (Å²) in [7, 11) is 0. The Morgan fingerprint density at radius 1 is 0.300 bits per heavy atom. The van der Waals surface area contributed by atoms with Gasteiger partial charge in [0.15, 0.2) is 29.0 Å². The van der Waals surface area contributed by atoms with Gasteiger partial charge < -0.3 is 0 Å². The summed E-state index contributed by atoms with van der Waals surface area (Å²) in [5.74, 6) is 2.45. The van der Waals surface area contributed by atoms with Gasteiger partial charge in [-0.3, -0.25) is 0 Å².